The van der Waals surface area contributed by atoms with Crippen LogP contribution in [0.4, 0.5) is 11.5 Å². The number of hydrogen-bond donors (Lipinski definition) is 1. The van der Waals surface area contributed by atoms with Crippen LogP contribution in [0.3, 0.4) is 0 Å². The number of amides is 1. The number of para-hydroxylation sites is 1. The topological polar surface area (TPSA) is 45.2 Å². The maximum absolute atomic E-state index is 12.3. The van der Waals surface area contributed by atoms with Gasteiger partial charge in [0.05, 0.1) is 5.69 Å². The minimum Gasteiger partial charge on any atom is -0.363 e. The van der Waals surface area contributed by atoms with Crippen LogP contribution in [0.25, 0.3) is 0 Å². The predicted molar refractivity (Wildman–Crippen MR) is 85.7 cm³/mol. The Morgan fingerprint density at radius 3 is 2.65 bits per heavy atom. The largest absolute Gasteiger partial charge is 0.363 e. The number of carbonyl (C=O) groups is 1. The third kappa shape index (κ3) is 3.49. The number of nitrogens with zero attached hydrogens (tertiary/aromatic N) is 2. The van der Waals surface area contributed by atoms with Crippen molar-refractivity contribution in [2.24, 2.45) is 0 Å². The van der Waals surface area contributed by atoms with Gasteiger partial charge in [0, 0.05) is 24.1 Å². The minimum atomic E-state index is -0.232. The van der Waals surface area contributed by atoms with Gasteiger partial charge in [0.25, 0.3) is 5.91 Å². The molecule has 4 nitrogen and oxygen atoms in total. The normalized spacial score (nSPS) is 10.2. The van der Waals surface area contributed by atoms with Gasteiger partial charge in [0.15, 0.2) is 0 Å². The summed E-state index contributed by atoms with van der Waals surface area (Å²) >= 11 is 9.33. The number of benzene rings is 1. The summed E-state index contributed by atoms with van der Waals surface area (Å²) in [6.45, 7) is 0. The molecule has 0 bridgehead atoms. The zero-order chi connectivity index (χ0) is 14.7. The first kappa shape index (κ1) is 14.8. The van der Waals surface area contributed by atoms with Gasteiger partial charge in [0.1, 0.15) is 11.0 Å². The SMILES string of the molecule is CN(C)c1cc(C(=O)Nc2ccccc2Br)cc(Cl)n1. The second-order valence-corrected chi connectivity index (χ2v) is 5.61. The standard InChI is InChI=1S/C14H13BrClN3O/c1-19(2)13-8-9(7-12(16)18-13)14(20)17-11-6-4-3-5-10(11)15/h3-8H,1-2H3,(H,17,20). The van der Waals surface area contributed by atoms with E-state index < -0.39 is 0 Å². The van der Waals surface area contributed by atoms with Gasteiger partial charge in [-0.15, -0.1) is 0 Å². The highest BCUT2D eigenvalue weighted by Crippen LogP contribution is 2.23. The summed E-state index contributed by atoms with van der Waals surface area (Å²) in [5.41, 5.74) is 1.17. The summed E-state index contributed by atoms with van der Waals surface area (Å²) in [4.78, 5) is 18.2. The molecule has 0 aliphatic carbocycles. The van der Waals surface area contributed by atoms with E-state index in [1.54, 1.807) is 17.0 Å². The molecule has 0 fully saturated rings. The Kier molecular flexibility index (Phi) is 4.62. The molecule has 0 radical (unpaired) electrons. The first-order valence-electron chi connectivity index (χ1n) is 5.88. The van der Waals surface area contributed by atoms with Crippen molar-refractivity contribution in [2.75, 3.05) is 24.3 Å². The lowest BCUT2D eigenvalue weighted by Gasteiger charge is -2.13. The van der Waals surface area contributed by atoms with E-state index in [2.05, 4.69) is 26.2 Å². The van der Waals surface area contributed by atoms with Crippen molar-refractivity contribution in [1.29, 1.82) is 0 Å². The second kappa shape index (κ2) is 6.24. The van der Waals surface area contributed by atoms with Gasteiger partial charge in [-0.2, -0.15) is 0 Å². The van der Waals surface area contributed by atoms with Crippen molar-refractivity contribution in [2.45, 2.75) is 0 Å². The lowest BCUT2D eigenvalue weighted by atomic mass is 10.2. The van der Waals surface area contributed by atoms with E-state index in [4.69, 9.17) is 11.6 Å². The highest BCUT2D eigenvalue weighted by atomic mass is 79.9. The third-order valence-corrected chi connectivity index (χ3v) is 3.51. The molecule has 104 valence electrons. The van der Waals surface area contributed by atoms with E-state index in [0.717, 1.165) is 4.47 Å². The van der Waals surface area contributed by atoms with E-state index in [9.17, 15) is 4.79 Å². The molecule has 0 spiro atoms. The number of pyridine rings is 1. The smallest absolute Gasteiger partial charge is 0.255 e. The molecular formula is C14H13BrClN3O. The molecule has 0 unspecified atom stereocenters. The Labute approximate surface area is 130 Å². The molecule has 1 heterocycles. The summed E-state index contributed by atoms with van der Waals surface area (Å²) in [5, 5.41) is 3.11. The third-order valence-electron chi connectivity index (χ3n) is 2.62. The number of carbonyl (C=O) groups excluding carboxylic acids is 1. The number of halogens is 2. The Bertz CT molecular complexity index is 646. The average molecular weight is 355 g/mol. The first-order valence-corrected chi connectivity index (χ1v) is 7.05. The summed E-state index contributed by atoms with van der Waals surface area (Å²) in [6.07, 6.45) is 0. The molecule has 0 aliphatic rings. The summed E-state index contributed by atoms with van der Waals surface area (Å²) in [7, 11) is 3.68. The van der Waals surface area contributed by atoms with Crippen LogP contribution < -0.4 is 10.2 Å². The number of aromatic nitrogens is 1. The number of anilines is 2. The molecule has 20 heavy (non-hydrogen) atoms. The van der Waals surface area contributed by atoms with Crippen molar-refractivity contribution < 1.29 is 4.79 Å². The van der Waals surface area contributed by atoms with Gasteiger partial charge in [-0.25, -0.2) is 4.98 Å². The average Bonchev–Trinajstić information content (AvgIpc) is 2.40. The lowest BCUT2D eigenvalue weighted by molar-refractivity contribution is 0.102. The molecule has 1 aromatic heterocycles. The van der Waals surface area contributed by atoms with Crippen molar-refractivity contribution in [3.8, 4) is 0 Å². The summed E-state index contributed by atoms with van der Waals surface area (Å²) < 4.78 is 0.821. The Balaban J connectivity index is 2.28. The van der Waals surface area contributed by atoms with E-state index in [1.807, 2.05) is 38.4 Å². The van der Waals surface area contributed by atoms with Gasteiger partial charge in [0.2, 0.25) is 0 Å². The van der Waals surface area contributed by atoms with Gasteiger partial charge in [-0.05, 0) is 40.2 Å². The lowest BCUT2D eigenvalue weighted by Crippen LogP contribution is -2.15. The molecule has 1 aromatic carbocycles. The van der Waals surface area contributed by atoms with Crippen LogP contribution >= 0.6 is 27.5 Å². The van der Waals surface area contributed by atoms with E-state index >= 15 is 0 Å². The minimum absolute atomic E-state index is 0.232. The Hall–Kier alpha value is -1.59. The van der Waals surface area contributed by atoms with Gasteiger partial charge in [-0.1, -0.05) is 23.7 Å². The highest BCUT2D eigenvalue weighted by Gasteiger charge is 2.11. The fourth-order valence-corrected chi connectivity index (χ4v) is 2.19. The molecule has 2 rings (SSSR count). The van der Waals surface area contributed by atoms with E-state index in [1.165, 1.54) is 0 Å². The number of hydrogen-bond acceptors (Lipinski definition) is 3. The molecule has 0 aliphatic heterocycles. The maximum atomic E-state index is 12.3. The molecule has 2 aromatic rings. The monoisotopic (exact) mass is 353 g/mol. The van der Waals surface area contributed by atoms with Gasteiger partial charge >= 0.3 is 0 Å². The van der Waals surface area contributed by atoms with Crippen LogP contribution in [0.2, 0.25) is 5.15 Å². The number of rotatable bonds is 3. The summed E-state index contributed by atoms with van der Waals surface area (Å²) in [6, 6.07) is 10.6. The van der Waals surface area contributed by atoms with Crippen molar-refractivity contribution >= 4 is 44.9 Å². The Morgan fingerprint density at radius 1 is 1.30 bits per heavy atom. The molecule has 6 heteroatoms. The Morgan fingerprint density at radius 2 is 2.00 bits per heavy atom. The molecule has 0 atom stereocenters. The van der Waals surface area contributed by atoms with Crippen LogP contribution in [0, 0.1) is 0 Å². The predicted octanol–water partition coefficient (Wildman–Crippen LogP) is 3.82. The van der Waals surface area contributed by atoms with E-state index in [0.29, 0.717) is 17.1 Å². The maximum Gasteiger partial charge on any atom is 0.255 e. The molecule has 1 N–H and O–H groups in total. The van der Waals surface area contributed by atoms with Crippen LogP contribution in [0.1, 0.15) is 10.4 Å². The van der Waals surface area contributed by atoms with Crippen molar-refractivity contribution in [3.05, 3.63) is 51.6 Å². The van der Waals surface area contributed by atoms with Gasteiger partial charge in [-0.3, -0.25) is 4.79 Å². The van der Waals surface area contributed by atoms with Crippen LogP contribution in [0.15, 0.2) is 40.9 Å². The molecular weight excluding hydrogens is 342 g/mol. The first-order chi connectivity index (χ1) is 9.47. The van der Waals surface area contributed by atoms with Crippen LogP contribution in [-0.2, 0) is 0 Å². The van der Waals surface area contributed by atoms with Crippen LogP contribution in [0.5, 0.6) is 0 Å². The van der Waals surface area contributed by atoms with Gasteiger partial charge < -0.3 is 10.2 Å². The van der Waals surface area contributed by atoms with E-state index in [-0.39, 0.29) is 11.1 Å². The summed E-state index contributed by atoms with van der Waals surface area (Å²) in [5.74, 6) is 0.402. The van der Waals surface area contributed by atoms with Crippen molar-refractivity contribution in [1.82, 2.24) is 4.98 Å². The quantitative estimate of drug-likeness (QED) is 0.852. The fraction of sp³-hybridized carbons (Fsp3) is 0.143. The van der Waals surface area contributed by atoms with Crippen LogP contribution in [-0.4, -0.2) is 25.0 Å². The zero-order valence-electron chi connectivity index (χ0n) is 11.0. The zero-order valence-corrected chi connectivity index (χ0v) is 13.4. The number of nitrogens with one attached hydrogen (secondary N) is 1. The van der Waals surface area contributed by atoms with Crippen molar-refractivity contribution in [3.63, 3.8) is 0 Å². The highest BCUT2D eigenvalue weighted by molar-refractivity contribution is 9.10. The second-order valence-electron chi connectivity index (χ2n) is 4.37. The molecule has 0 saturated heterocycles. The molecule has 0 saturated carbocycles. The fourth-order valence-electron chi connectivity index (χ4n) is 1.60. The molecule has 1 amide bonds.